The number of quaternary nitrogens is 1. The first-order valence-electron chi connectivity index (χ1n) is 7.28. The second kappa shape index (κ2) is 8.93. The van der Waals surface area contributed by atoms with Gasteiger partial charge in [-0.1, -0.05) is 41.1 Å². The minimum absolute atomic E-state index is 0.118. The Labute approximate surface area is 154 Å². The van der Waals surface area contributed by atoms with Gasteiger partial charge < -0.3 is 15.5 Å². The van der Waals surface area contributed by atoms with E-state index in [1.165, 1.54) is 11.3 Å². The molecule has 1 aromatic heterocycles. The van der Waals surface area contributed by atoms with E-state index in [9.17, 15) is 4.79 Å². The van der Waals surface area contributed by atoms with Crippen LogP contribution < -0.4 is 15.5 Å². The van der Waals surface area contributed by atoms with Crippen molar-refractivity contribution >= 4 is 51.9 Å². The SMILES string of the molecule is C=CCNc1nn(C[NH+](C)CC(=O)Nc2ccccc2Cl)c(=S)s1. The van der Waals surface area contributed by atoms with Crippen LogP contribution in [0.1, 0.15) is 0 Å². The van der Waals surface area contributed by atoms with Crippen LogP contribution in [0.2, 0.25) is 5.02 Å². The van der Waals surface area contributed by atoms with Gasteiger partial charge in [0.05, 0.1) is 17.8 Å². The molecule has 128 valence electrons. The van der Waals surface area contributed by atoms with E-state index in [2.05, 4.69) is 22.3 Å². The van der Waals surface area contributed by atoms with Gasteiger partial charge in [-0.2, -0.15) is 4.68 Å². The zero-order valence-corrected chi connectivity index (χ0v) is 15.6. The van der Waals surface area contributed by atoms with E-state index in [0.29, 0.717) is 27.9 Å². The fraction of sp³-hybridized carbons (Fsp3) is 0.267. The number of nitrogens with zero attached hydrogens (tertiary/aromatic N) is 2. The Balaban J connectivity index is 1.91. The summed E-state index contributed by atoms with van der Waals surface area (Å²) in [6.07, 6.45) is 1.76. The number of likely N-dealkylation sites (N-methyl/N-ethyl adjacent to an activating group) is 1. The summed E-state index contributed by atoms with van der Waals surface area (Å²) in [6, 6.07) is 7.14. The summed E-state index contributed by atoms with van der Waals surface area (Å²) >= 11 is 12.7. The fourth-order valence-corrected chi connectivity index (χ4v) is 3.18. The number of carbonyl (C=O) groups excluding carboxylic acids is 1. The van der Waals surface area contributed by atoms with E-state index in [4.69, 9.17) is 23.8 Å². The van der Waals surface area contributed by atoms with Gasteiger partial charge in [-0.05, 0) is 24.4 Å². The first kappa shape index (κ1) is 18.6. The number of aromatic nitrogens is 2. The van der Waals surface area contributed by atoms with Crippen molar-refractivity contribution in [2.75, 3.05) is 30.8 Å². The summed E-state index contributed by atoms with van der Waals surface area (Å²) in [5.74, 6) is -0.118. The Bertz CT molecular complexity index is 773. The maximum Gasteiger partial charge on any atom is 0.279 e. The molecule has 0 spiro atoms. The number of halogens is 1. The van der Waals surface area contributed by atoms with E-state index in [-0.39, 0.29) is 12.5 Å². The second-order valence-electron chi connectivity index (χ2n) is 5.16. The van der Waals surface area contributed by atoms with E-state index in [1.54, 1.807) is 22.9 Å². The van der Waals surface area contributed by atoms with Gasteiger partial charge in [0.2, 0.25) is 5.13 Å². The molecule has 0 radical (unpaired) electrons. The third-order valence-electron chi connectivity index (χ3n) is 3.03. The van der Waals surface area contributed by atoms with E-state index in [0.717, 1.165) is 10.0 Å². The highest BCUT2D eigenvalue weighted by molar-refractivity contribution is 7.73. The molecule has 0 aliphatic rings. The number of amides is 1. The lowest BCUT2D eigenvalue weighted by atomic mass is 10.3. The van der Waals surface area contributed by atoms with Crippen molar-refractivity contribution in [3.8, 4) is 0 Å². The number of rotatable bonds is 8. The number of benzene rings is 1. The highest BCUT2D eigenvalue weighted by Gasteiger charge is 2.13. The standard InChI is InChI=1S/C15H18ClN5OS2/c1-3-8-17-14-19-21(15(23)24-14)10-20(2)9-13(22)18-12-7-5-4-6-11(12)16/h3-7H,1,8-10H2,2H3,(H,17,19)(H,18,22)/p+1. The number of anilines is 2. The van der Waals surface area contributed by atoms with E-state index < -0.39 is 0 Å². The molecule has 2 rings (SSSR count). The Morgan fingerprint density at radius 2 is 2.29 bits per heavy atom. The molecule has 3 N–H and O–H groups in total. The number of para-hydroxylation sites is 1. The molecule has 0 saturated heterocycles. The molecular weight excluding hydrogens is 366 g/mol. The Hall–Kier alpha value is -1.74. The van der Waals surface area contributed by atoms with Gasteiger partial charge >= 0.3 is 0 Å². The van der Waals surface area contributed by atoms with E-state index >= 15 is 0 Å². The fourth-order valence-electron chi connectivity index (χ4n) is 1.98. The molecule has 2 aromatic rings. The number of nitrogens with one attached hydrogen (secondary N) is 3. The summed E-state index contributed by atoms with van der Waals surface area (Å²) in [5.41, 5.74) is 0.609. The van der Waals surface area contributed by atoms with Crippen LogP contribution in [0.15, 0.2) is 36.9 Å². The molecule has 0 saturated carbocycles. The van der Waals surface area contributed by atoms with Gasteiger partial charge in [0.25, 0.3) is 5.91 Å². The zero-order chi connectivity index (χ0) is 17.5. The molecule has 1 aromatic carbocycles. The molecule has 0 fully saturated rings. The molecular formula is C15H19ClN5OS2+. The number of carbonyl (C=O) groups is 1. The van der Waals surface area contributed by atoms with Gasteiger partial charge in [-0.15, -0.1) is 11.7 Å². The Morgan fingerprint density at radius 3 is 3.00 bits per heavy atom. The summed E-state index contributed by atoms with van der Waals surface area (Å²) in [5, 5.41) is 11.6. The van der Waals surface area contributed by atoms with Crippen LogP contribution >= 0.6 is 35.2 Å². The predicted molar refractivity (Wildman–Crippen MR) is 101 cm³/mol. The molecule has 6 nitrogen and oxygen atoms in total. The topological polar surface area (TPSA) is 63.4 Å². The quantitative estimate of drug-likeness (QED) is 0.481. The van der Waals surface area contributed by atoms with Crippen molar-refractivity contribution in [3.63, 3.8) is 0 Å². The van der Waals surface area contributed by atoms with Crippen LogP contribution in [0, 0.1) is 3.95 Å². The average Bonchev–Trinajstić information content (AvgIpc) is 2.87. The van der Waals surface area contributed by atoms with Crippen LogP contribution in [0.5, 0.6) is 0 Å². The minimum atomic E-state index is -0.118. The smallest absolute Gasteiger partial charge is 0.279 e. The molecule has 24 heavy (non-hydrogen) atoms. The lowest BCUT2D eigenvalue weighted by Crippen LogP contribution is -3.09. The normalized spacial score (nSPS) is 11.8. The third kappa shape index (κ3) is 5.41. The summed E-state index contributed by atoms with van der Waals surface area (Å²) in [4.78, 5) is 13.1. The minimum Gasteiger partial charge on any atom is -0.357 e. The van der Waals surface area contributed by atoms with Crippen LogP contribution in [-0.4, -0.2) is 35.8 Å². The highest BCUT2D eigenvalue weighted by atomic mass is 35.5. The number of hydrogen-bond donors (Lipinski definition) is 3. The second-order valence-corrected chi connectivity index (χ2v) is 7.19. The Kier molecular flexibility index (Phi) is 6.92. The molecule has 0 bridgehead atoms. The number of hydrogen-bond acceptors (Lipinski definition) is 5. The van der Waals surface area contributed by atoms with Crippen LogP contribution in [0.3, 0.4) is 0 Å². The zero-order valence-electron chi connectivity index (χ0n) is 13.2. The Morgan fingerprint density at radius 1 is 1.54 bits per heavy atom. The van der Waals surface area contributed by atoms with E-state index in [1.807, 2.05) is 19.2 Å². The maximum absolute atomic E-state index is 12.1. The van der Waals surface area contributed by atoms with Crippen molar-refractivity contribution in [3.05, 3.63) is 45.9 Å². The first-order valence-corrected chi connectivity index (χ1v) is 8.88. The molecule has 0 aliphatic heterocycles. The summed E-state index contributed by atoms with van der Waals surface area (Å²) in [7, 11) is 1.91. The van der Waals surface area contributed by atoms with Gasteiger partial charge in [0.1, 0.15) is 0 Å². The van der Waals surface area contributed by atoms with Gasteiger partial charge in [0.15, 0.2) is 17.2 Å². The van der Waals surface area contributed by atoms with Gasteiger partial charge in [0, 0.05) is 6.54 Å². The molecule has 1 amide bonds. The monoisotopic (exact) mass is 384 g/mol. The first-order chi connectivity index (χ1) is 11.5. The molecule has 9 heteroatoms. The third-order valence-corrected chi connectivity index (χ3v) is 4.63. The average molecular weight is 385 g/mol. The van der Waals surface area contributed by atoms with Crippen molar-refractivity contribution in [1.82, 2.24) is 9.78 Å². The molecule has 1 unspecified atom stereocenters. The largest absolute Gasteiger partial charge is 0.357 e. The van der Waals surface area contributed by atoms with Crippen LogP contribution in [0.4, 0.5) is 10.8 Å². The molecule has 1 heterocycles. The van der Waals surface area contributed by atoms with Crippen LogP contribution in [0.25, 0.3) is 0 Å². The molecule has 0 aliphatic carbocycles. The highest BCUT2D eigenvalue weighted by Crippen LogP contribution is 2.19. The van der Waals surface area contributed by atoms with Crippen LogP contribution in [-0.2, 0) is 11.5 Å². The molecule has 1 atom stereocenters. The lowest BCUT2D eigenvalue weighted by molar-refractivity contribution is -0.895. The summed E-state index contributed by atoms with van der Waals surface area (Å²) in [6.45, 7) is 5.06. The predicted octanol–water partition coefficient (Wildman–Crippen LogP) is 2.04. The lowest BCUT2D eigenvalue weighted by Gasteiger charge is -2.14. The van der Waals surface area contributed by atoms with Crippen molar-refractivity contribution in [2.24, 2.45) is 0 Å². The van der Waals surface area contributed by atoms with Crippen molar-refractivity contribution < 1.29 is 9.69 Å². The van der Waals surface area contributed by atoms with Gasteiger partial charge in [-0.3, -0.25) is 4.79 Å². The van der Waals surface area contributed by atoms with Gasteiger partial charge in [-0.25, -0.2) is 0 Å². The van der Waals surface area contributed by atoms with Crippen molar-refractivity contribution in [2.45, 2.75) is 6.67 Å². The summed E-state index contributed by atoms with van der Waals surface area (Å²) < 4.78 is 2.37. The maximum atomic E-state index is 12.1. The van der Waals surface area contributed by atoms with Crippen molar-refractivity contribution in [1.29, 1.82) is 0 Å².